The van der Waals surface area contributed by atoms with Crippen LogP contribution in [0, 0.1) is 12.7 Å². The van der Waals surface area contributed by atoms with Crippen molar-refractivity contribution in [3.05, 3.63) is 35.7 Å². The summed E-state index contributed by atoms with van der Waals surface area (Å²) in [6.07, 6.45) is 0. The predicted octanol–water partition coefficient (Wildman–Crippen LogP) is 2.39. The summed E-state index contributed by atoms with van der Waals surface area (Å²) in [4.78, 5) is 4.55. The molecule has 0 spiro atoms. The van der Waals surface area contributed by atoms with Gasteiger partial charge in [-0.1, -0.05) is 5.16 Å². The Morgan fingerprint density at radius 2 is 2.31 bits per heavy atom. The molecule has 0 bridgehead atoms. The summed E-state index contributed by atoms with van der Waals surface area (Å²) in [6, 6.07) is 4.59. The van der Waals surface area contributed by atoms with Crippen LogP contribution in [0.15, 0.2) is 27.6 Å². The van der Waals surface area contributed by atoms with E-state index in [0.29, 0.717) is 28.1 Å². The monoisotopic (exact) mass is 239 g/mol. The first-order chi connectivity index (χ1) is 7.65. The zero-order chi connectivity index (χ0) is 11.5. The van der Waals surface area contributed by atoms with Crippen molar-refractivity contribution in [1.29, 1.82) is 0 Å². The van der Waals surface area contributed by atoms with E-state index in [-0.39, 0.29) is 5.82 Å². The Morgan fingerprint density at radius 3 is 2.94 bits per heavy atom. The van der Waals surface area contributed by atoms with Gasteiger partial charge < -0.3 is 10.3 Å². The number of benzene rings is 1. The number of hydrogen-bond donors (Lipinski definition) is 1. The number of anilines is 1. The van der Waals surface area contributed by atoms with Gasteiger partial charge in [0.2, 0.25) is 5.89 Å². The van der Waals surface area contributed by atoms with E-state index >= 15 is 0 Å². The van der Waals surface area contributed by atoms with Crippen molar-refractivity contribution in [1.82, 2.24) is 10.1 Å². The molecule has 84 valence electrons. The van der Waals surface area contributed by atoms with E-state index in [2.05, 4.69) is 10.1 Å². The maximum atomic E-state index is 13.4. The molecule has 0 aliphatic carbocycles. The Balaban J connectivity index is 2.04. The molecule has 0 aliphatic heterocycles. The maximum Gasteiger partial charge on any atom is 0.236 e. The molecule has 0 saturated carbocycles. The predicted molar refractivity (Wildman–Crippen MR) is 59.4 cm³/mol. The van der Waals surface area contributed by atoms with E-state index in [1.165, 1.54) is 17.8 Å². The fraction of sp³-hybridized carbons (Fsp3) is 0.200. The second-order valence-corrected chi connectivity index (χ2v) is 4.23. The molecule has 1 heterocycles. The number of nitrogen functional groups attached to an aromatic ring is 1. The largest absolute Gasteiger partial charge is 0.399 e. The molecule has 4 nitrogen and oxygen atoms in total. The standard InChI is InChI=1S/C10H10FN3OS/c1-6-13-10(15-14-6)5-16-9-3-2-7(12)4-8(9)11/h2-4H,5,12H2,1H3. The lowest BCUT2D eigenvalue weighted by molar-refractivity contribution is 0.387. The zero-order valence-electron chi connectivity index (χ0n) is 8.61. The van der Waals surface area contributed by atoms with E-state index in [0.717, 1.165) is 0 Å². The van der Waals surface area contributed by atoms with Crippen LogP contribution in [0.1, 0.15) is 11.7 Å². The average Bonchev–Trinajstić information content (AvgIpc) is 2.63. The quantitative estimate of drug-likeness (QED) is 0.658. The highest BCUT2D eigenvalue weighted by atomic mass is 32.2. The van der Waals surface area contributed by atoms with Crippen LogP contribution in [-0.4, -0.2) is 10.1 Å². The van der Waals surface area contributed by atoms with Gasteiger partial charge in [-0.25, -0.2) is 4.39 Å². The number of nitrogens with zero attached hydrogens (tertiary/aromatic N) is 2. The molecule has 2 N–H and O–H groups in total. The van der Waals surface area contributed by atoms with Gasteiger partial charge in [-0.3, -0.25) is 0 Å². The van der Waals surface area contributed by atoms with Crippen LogP contribution >= 0.6 is 11.8 Å². The average molecular weight is 239 g/mol. The number of halogens is 1. The molecule has 0 amide bonds. The minimum atomic E-state index is -0.332. The summed E-state index contributed by atoms with van der Waals surface area (Å²) in [5, 5.41) is 3.65. The number of thioether (sulfide) groups is 1. The van der Waals surface area contributed by atoms with Gasteiger partial charge in [0, 0.05) is 10.6 Å². The Hall–Kier alpha value is -1.56. The lowest BCUT2D eigenvalue weighted by atomic mass is 10.3. The summed E-state index contributed by atoms with van der Waals surface area (Å²) >= 11 is 1.30. The number of aromatic nitrogens is 2. The Morgan fingerprint density at radius 1 is 1.50 bits per heavy atom. The molecular formula is C10H10FN3OS. The normalized spacial score (nSPS) is 10.6. The molecule has 0 atom stereocenters. The number of aryl methyl sites for hydroxylation is 1. The van der Waals surface area contributed by atoms with Crippen molar-refractivity contribution in [3.63, 3.8) is 0 Å². The molecule has 0 unspecified atom stereocenters. The molecule has 1 aromatic carbocycles. The van der Waals surface area contributed by atoms with Crippen molar-refractivity contribution >= 4 is 17.4 Å². The molecule has 2 rings (SSSR count). The third-order valence-electron chi connectivity index (χ3n) is 1.88. The van der Waals surface area contributed by atoms with Crippen molar-refractivity contribution in [3.8, 4) is 0 Å². The Labute approximate surface area is 96.0 Å². The Bertz CT molecular complexity index is 501. The first-order valence-electron chi connectivity index (χ1n) is 4.62. The number of rotatable bonds is 3. The zero-order valence-corrected chi connectivity index (χ0v) is 9.42. The van der Waals surface area contributed by atoms with Crippen molar-refractivity contribution in [2.75, 3.05) is 5.73 Å². The smallest absolute Gasteiger partial charge is 0.236 e. The third-order valence-corrected chi connectivity index (χ3v) is 2.91. The van der Waals surface area contributed by atoms with E-state index in [1.807, 2.05) is 0 Å². The molecule has 2 aromatic rings. The van der Waals surface area contributed by atoms with Crippen LogP contribution in [0.5, 0.6) is 0 Å². The summed E-state index contributed by atoms with van der Waals surface area (Å²) in [5.41, 5.74) is 5.86. The summed E-state index contributed by atoms with van der Waals surface area (Å²) in [5.74, 6) is 1.18. The SMILES string of the molecule is Cc1noc(CSc2ccc(N)cc2F)n1. The molecular weight excluding hydrogens is 229 g/mol. The minimum absolute atomic E-state index is 0.332. The van der Waals surface area contributed by atoms with Crippen molar-refractivity contribution in [2.45, 2.75) is 17.6 Å². The topological polar surface area (TPSA) is 64.9 Å². The second-order valence-electron chi connectivity index (χ2n) is 3.21. The summed E-state index contributed by atoms with van der Waals surface area (Å²) in [7, 11) is 0. The van der Waals surface area contributed by atoms with E-state index < -0.39 is 0 Å². The first kappa shape index (κ1) is 10.9. The van der Waals surface area contributed by atoms with Gasteiger partial charge in [0.1, 0.15) is 5.82 Å². The highest BCUT2D eigenvalue weighted by molar-refractivity contribution is 7.98. The summed E-state index contributed by atoms with van der Waals surface area (Å²) in [6.45, 7) is 1.74. The van der Waals surface area contributed by atoms with Crippen LogP contribution in [0.4, 0.5) is 10.1 Å². The van der Waals surface area contributed by atoms with Crippen LogP contribution in [-0.2, 0) is 5.75 Å². The van der Waals surface area contributed by atoms with Crippen LogP contribution in [0.2, 0.25) is 0 Å². The molecule has 0 saturated heterocycles. The summed E-state index contributed by atoms with van der Waals surface area (Å²) < 4.78 is 18.3. The fourth-order valence-electron chi connectivity index (χ4n) is 1.17. The van der Waals surface area contributed by atoms with Crippen molar-refractivity contribution < 1.29 is 8.91 Å². The van der Waals surface area contributed by atoms with Gasteiger partial charge in [-0.15, -0.1) is 11.8 Å². The number of hydrogen-bond acceptors (Lipinski definition) is 5. The maximum absolute atomic E-state index is 13.4. The molecule has 6 heteroatoms. The van der Waals surface area contributed by atoms with Crippen molar-refractivity contribution in [2.24, 2.45) is 0 Å². The lowest BCUT2D eigenvalue weighted by Crippen LogP contribution is -1.88. The van der Waals surface area contributed by atoms with E-state index in [4.69, 9.17) is 10.3 Å². The van der Waals surface area contributed by atoms with Gasteiger partial charge in [0.05, 0.1) is 5.75 Å². The minimum Gasteiger partial charge on any atom is -0.399 e. The lowest BCUT2D eigenvalue weighted by Gasteiger charge is -2.01. The van der Waals surface area contributed by atoms with Crippen LogP contribution in [0.3, 0.4) is 0 Å². The van der Waals surface area contributed by atoms with Gasteiger partial charge in [0.15, 0.2) is 5.82 Å². The van der Waals surface area contributed by atoms with Crippen LogP contribution < -0.4 is 5.73 Å². The molecule has 0 fully saturated rings. The first-order valence-corrected chi connectivity index (χ1v) is 5.61. The van der Waals surface area contributed by atoms with Gasteiger partial charge in [-0.05, 0) is 25.1 Å². The van der Waals surface area contributed by atoms with Gasteiger partial charge in [0.25, 0.3) is 0 Å². The van der Waals surface area contributed by atoms with Gasteiger partial charge >= 0.3 is 0 Å². The fourth-order valence-corrected chi connectivity index (χ4v) is 1.93. The van der Waals surface area contributed by atoms with Gasteiger partial charge in [-0.2, -0.15) is 4.98 Å². The number of nitrogens with two attached hydrogens (primary N) is 1. The molecule has 0 aliphatic rings. The highest BCUT2D eigenvalue weighted by Crippen LogP contribution is 2.26. The molecule has 0 radical (unpaired) electrons. The Kier molecular flexibility index (Phi) is 3.09. The molecule has 1 aromatic heterocycles. The van der Waals surface area contributed by atoms with E-state index in [1.54, 1.807) is 19.1 Å². The third kappa shape index (κ3) is 2.52. The highest BCUT2D eigenvalue weighted by Gasteiger charge is 2.07. The van der Waals surface area contributed by atoms with E-state index in [9.17, 15) is 4.39 Å². The molecule has 16 heavy (non-hydrogen) atoms. The van der Waals surface area contributed by atoms with Crippen LogP contribution in [0.25, 0.3) is 0 Å². The second kappa shape index (κ2) is 4.52.